The fourth-order valence-corrected chi connectivity index (χ4v) is 41.8. The Morgan fingerprint density at radius 2 is 0.923 bits per heavy atom. The van der Waals surface area contributed by atoms with E-state index >= 15 is 0 Å². The van der Waals surface area contributed by atoms with Gasteiger partial charge in [0.2, 0.25) is 0 Å². The van der Waals surface area contributed by atoms with E-state index in [2.05, 4.69) is 76.2 Å². The van der Waals surface area contributed by atoms with E-state index in [0.29, 0.717) is 11.8 Å². The molecule has 26 heavy (non-hydrogen) atoms. The second-order valence-electron chi connectivity index (χ2n) is 8.78. The van der Waals surface area contributed by atoms with Crippen molar-refractivity contribution in [2.45, 2.75) is 77.6 Å². The first-order chi connectivity index (χ1) is 11.0. The first-order valence-electron chi connectivity index (χ1n) is 9.78. The van der Waals surface area contributed by atoms with E-state index in [-0.39, 0.29) is 24.8 Å². The molecule has 2 rings (SSSR count). The maximum Gasteiger partial charge on any atom is -0.147 e. The van der Waals surface area contributed by atoms with Crippen molar-refractivity contribution in [3.63, 3.8) is 0 Å². The van der Waals surface area contributed by atoms with E-state index in [9.17, 15) is 0 Å². The maximum atomic E-state index is 2.51. The summed E-state index contributed by atoms with van der Waals surface area (Å²) in [6.07, 6.45) is 0. The summed E-state index contributed by atoms with van der Waals surface area (Å²) in [5.74, 6) is 1.32. The molecule has 0 amide bonds. The molecule has 4 heteroatoms. The zero-order chi connectivity index (χ0) is 18.6. The summed E-state index contributed by atoms with van der Waals surface area (Å²) >= 11 is -3.37. The van der Waals surface area contributed by atoms with Gasteiger partial charge in [-0.3, -0.25) is 0 Å². The maximum absolute atomic E-state index is 3.37. The number of hydrogen-bond donors (Lipinski definition) is 0. The van der Waals surface area contributed by atoms with Crippen molar-refractivity contribution in [3.05, 3.63) is 40.1 Å². The van der Waals surface area contributed by atoms with Crippen LogP contribution in [0.25, 0.3) is 0 Å². The van der Waals surface area contributed by atoms with Crippen molar-refractivity contribution < 1.29 is 17.1 Å². The molecule has 0 saturated heterocycles. The summed E-state index contributed by atoms with van der Waals surface area (Å²) in [5, 5.41) is 0. The van der Waals surface area contributed by atoms with Gasteiger partial charge in [-0.15, -0.1) is 24.8 Å². The van der Waals surface area contributed by atoms with Gasteiger partial charge in [0.15, 0.2) is 0 Å². The van der Waals surface area contributed by atoms with Gasteiger partial charge in [-0.1, -0.05) is 0 Å². The smallest absolute Gasteiger partial charge is 0.147 e. The zero-order valence-corrected chi connectivity index (χ0v) is 25.2. The molecule has 0 aliphatic heterocycles. The predicted octanol–water partition coefficient (Wildman–Crippen LogP) is 7.46. The predicted molar refractivity (Wildman–Crippen MR) is 124 cm³/mol. The molecule has 0 bridgehead atoms. The average Bonchev–Trinajstić information content (AvgIpc) is 2.88. The van der Waals surface area contributed by atoms with E-state index in [1.807, 2.05) is 6.66 Å². The normalized spacial score (nSPS) is 24.4. The Bertz CT molecular complexity index is 727. The van der Waals surface area contributed by atoms with Crippen molar-refractivity contribution >= 4 is 31.8 Å². The summed E-state index contributed by atoms with van der Waals surface area (Å²) in [6.45, 7) is 26.8. The molecule has 0 radical (unpaired) electrons. The van der Waals surface area contributed by atoms with Crippen LogP contribution in [0, 0.1) is 11.8 Å². The Morgan fingerprint density at radius 3 is 1.08 bits per heavy atom. The molecule has 2 unspecified atom stereocenters. The van der Waals surface area contributed by atoms with Crippen LogP contribution in [0.2, 0.25) is 8.35 Å². The Kier molecular flexibility index (Phi) is 8.76. The SMILES string of the molecule is C[CH2][Hf](=[SiH2])([CH2]C)([C]1=C(C)C(C)=C(C)C1C)[C]1=C(C)C(C)=C(C)C1C.Cl.Cl. The van der Waals surface area contributed by atoms with Crippen molar-refractivity contribution in [2.24, 2.45) is 11.8 Å². The molecule has 0 N–H and O–H groups in total. The minimum atomic E-state index is -3.37. The molecular weight excluding hydrogens is 542 g/mol. The second-order valence-corrected chi connectivity index (χ2v) is 45.6. The van der Waals surface area contributed by atoms with Crippen LogP contribution in [0.3, 0.4) is 0 Å². The molecule has 0 aromatic rings. The van der Waals surface area contributed by atoms with Crippen molar-refractivity contribution in [1.82, 2.24) is 0 Å². The van der Waals surface area contributed by atoms with E-state index in [0.717, 1.165) is 0 Å². The Labute approximate surface area is 177 Å². The van der Waals surface area contributed by atoms with E-state index in [1.165, 1.54) is 8.35 Å². The van der Waals surface area contributed by atoms with E-state index in [1.54, 1.807) is 33.4 Å². The summed E-state index contributed by atoms with van der Waals surface area (Å²) in [7, 11) is 0. The molecule has 0 aromatic heterocycles. The van der Waals surface area contributed by atoms with Gasteiger partial charge in [-0.05, 0) is 0 Å². The molecule has 0 nitrogen and oxygen atoms in total. The fraction of sp³-hybridized carbons (Fsp3) is 0.636. The van der Waals surface area contributed by atoms with Crippen LogP contribution in [0.5, 0.6) is 0 Å². The zero-order valence-electron chi connectivity index (χ0n) is 18.6. The first kappa shape index (κ1) is 26.6. The van der Waals surface area contributed by atoms with Crippen LogP contribution in [-0.4, -0.2) is 6.94 Å². The van der Waals surface area contributed by atoms with Crippen molar-refractivity contribution in [1.29, 1.82) is 0 Å². The van der Waals surface area contributed by atoms with Gasteiger partial charge in [0.1, 0.15) is 0 Å². The van der Waals surface area contributed by atoms with Gasteiger partial charge in [-0.2, -0.15) is 0 Å². The molecule has 0 spiro atoms. The average molecular weight is 582 g/mol. The monoisotopic (exact) mass is 582 g/mol. The van der Waals surface area contributed by atoms with Crippen LogP contribution in [-0.2, 0) is 17.1 Å². The number of allylic oxidation sites excluding steroid dienone is 8. The largest absolute Gasteiger partial charge is 0.147 e. The van der Waals surface area contributed by atoms with Gasteiger partial charge in [0.05, 0.1) is 0 Å². The van der Waals surface area contributed by atoms with Crippen LogP contribution in [0.4, 0.5) is 0 Å². The minimum absolute atomic E-state index is 0. The summed E-state index contributed by atoms with van der Waals surface area (Å²) in [4.78, 5) is 0. The molecular formula is C22H40Cl2HfSi. The molecule has 150 valence electrons. The van der Waals surface area contributed by atoms with Gasteiger partial charge < -0.3 is 0 Å². The quantitative estimate of drug-likeness (QED) is 0.302. The van der Waals surface area contributed by atoms with E-state index < -0.39 is 17.1 Å². The molecule has 0 heterocycles. The summed E-state index contributed by atoms with van der Waals surface area (Å²) in [5.41, 5.74) is 9.74. The summed E-state index contributed by atoms with van der Waals surface area (Å²) < 4.78 is 6.66. The molecule has 0 saturated carbocycles. The Morgan fingerprint density at radius 1 is 0.654 bits per heavy atom. The molecule has 2 aliphatic carbocycles. The molecule has 2 aliphatic rings. The van der Waals surface area contributed by atoms with Crippen molar-refractivity contribution in [2.75, 3.05) is 0 Å². The fourth-order valence-electron chi connectivity index (χ4n) is 6.00. The molecule has 2 atom stereocenters. The van der Waals surface area contributed by atoms with Crippen LogP contribution < -0.4 is 0 Å². The Hall–Kier alpha value is 0.627. The third-order valence-electron chi connectivity index (χ3n) is 8.40. The van der Waals surface area contributed by atoms with E-state index in [4.69, 9.17) is 0 Å². The number of rotatable bonds is 4. The van der Waals surface area contributed by atoms with Gasteiger partial charge >= 0.3 is 154 Å². The van der Waals surface area contributed by atoms with Gasteiger partial charge in [0.25, 0.3) is 0 Å². The second kappa shape index (κ2) is 8.55. The molecule has 0 fully saturated rings. The van der Waals surface area contributed by atoms with Gasteiger partial charge in [0, 0.05) is 0 Å². The first-order valence-corrected chi connectivity index (χ1v) is 26.8. The van der Waals surface area contributed by atoms with Gasteiger partial charge in [-0.25, -0.2) is 0 Å². The topological polar surface area (TPSA) is 0 Å². The molecule has 0 aromatic carbocycles. The van der Waals surface area contributed by atoms with Crippen LogP contribution in [0.15, 0.2) is 40.1 Å². The summed E-state index contributed by atoms with van der Waals surface area (Å²) in [6, 6.07) is 0. The van der Waals surface area contributed by atoms with Crippen LogP contribution in [0.1, 0.15) is 69.2 Å². The number of halogens is 2. The van der Waals surface area contributed by atoms with Crippen LogP contribution >= 0.6 is 24.8 Å². The third kappa shape index (κ3) is 3.29. The third-order valence-corrected chi connectivity index (χ3v) is 51.0. The van der Waals surface area contributed by atoms with Crippen molar-refractivity contribution in [3.8, 4) is 0 Å². The minimum Gasteiger partial charge on any atom is -0.147 e. The number of hydrogen-bond acceptors (Lipinski definition) is 0. The standard InChI is InChI=1S/2C9H13.2C2H5.2ClH.Hf.H2Si/c2*1-6-5-7(2)9(4)8(6)3;2*1-2;;;;/h2*6H,1-4H3;2*1H2,2H3;2*1H;;1H2. The Balaban J connectivity index is 0.00000312.